The van der Waals surface area contributed by atoms with Gasteiger partial charge in [0.05, 0.1) is 0 Å². The lowest BCUT2D eigenvalue weighted by molar-refractivity contribution is 0.673. The maximum absolute atomic E-state index is 6.66. The molecule has 0 spiro atoms. The highest BCUT2D eigenvalue weighted by atomic mass is 16.3. The topological polar surface area (TPSA) is 51.8 Å². The average Bonchev–Trinajstić information content (AvgIpc) is 3.64. The van der Waals surface area contributed by atoms with Crippen LogP contribution in [-0.2, 0) is 0 Å². The van der Waals surface area contributed by atoms with Crippen LogP contribution in [0, 0.1) is 0 Å². The van der Waals surface area contributed by atoms with Gasteiger partial charge >= 0.3 is 0 Å². The van der Waals surface area contributed by atoms with E-state index >= 15 is 0 Å². The number of para-hydroxylation sites is 1. The van der Waals surface area contributed by atoms with E-state index < -0.39 is 0 Å². The quantitative estimate of drug-likeness (QED) is 0.176. The average molecular weight is 678 g/mol. The lowest BCUT2D eigenvalue weighted by Crippen LogP contribution is -2.00. The van der Waals surface area contributed by atoms with E-state index in [1.807, 2.05) is 66.7 Å². The van der Waals surface area contributed by atoms with Gasteiger partial charge in [0.25, 0.3) is 0 Å². The molecule has 0 saturated carbocycles. The highest BCUT2D eigenvalue weighted by Gasteiger charge is 2.19. The second-order valence-corrected chi connectivity index (χ2v) is 13.2. The van der Waals surface area contributed by atoms with Gasteiger partial charge in [-0.1, -0.05) is 164 Å². The van der Waals surface area contributed by atoms with Gasteiger partial charge in [0, 0.05) is 32.8 Å². The van der Waals surface area contributed by atoms with Gasteiger partial charge in [-0.3, -0.25) is 0 Å². The zero-order chi connectivity index (χ0) is 35.1. The van der Waals surface area contributed by atoms with Crippen LogP contribution in [0.5, 0.6) is 0 Å². The summed E-state index contributed by atoms with van der Waals surface area (Å²) in [4.78, 5) is 14.9. The predicted octanol–water partition coefficient (Wildman–Crippen LogP) is 12.9. The number of fused-ring (bicyclic) bond motifs is 5. The molecule has 2 aromatic heterocycles. The lowest BCUT2D eigenvalue weighted by Gasteiger charge is -2.13. The van der Waals surface area contributed by atoms with Gasteiger partial charge in [0.2, 0.25) is 0 Å². The molecule has 0 N–H and O–H groups in total. The molecule has 0 aliphatic heterocycles. The van der Waals surface area contributed by atoms with E-state index in [0.29, 0.717) is 17.5 Å². The van der Waals surface area contributed by atoms with E-state index in [0.717, 1.165) is 71.7 Å². The first-order valence-corrected chi connectivity index (χ1v) is 17.8. The third kappa shape index (κ3) is 5.54. The van der Waals surface area contributed by atoms with Gasteiger partial charge in [-0.2, -0.15) is 0 Å². The van der Waals surface area contributed by atoms with Gasteiger partial charge in [0.15, 0.2) is 17.5 Å². The molecule has 0 aliphatic rings. The Morgan fingerprint density at radius 2 is 0.774 bits per heavy atom. The third-order valence-corrected chi connectivity index (χ3v) is 9.92. The van der Waals surface area contributed by atoms with Crippen LogP contribution >= 0.6 is 0 Å². The maximum atomic E-state index is 6.66. The molecule has 0 radical (unpaired) electrons. The summed E-state index contributed by atoms with van der Waals surface area (Å²) in [7, 11) is 0. The second kappa shape index (κ2) is 12.9. The van der Waals surface area contributed by atoms with Crippen LogP contribution in [0.1, 0.15) is 0 Å². The number of hydrogen-bond donors (Lipinski definition) is 0. The normalized spacial score (nSPS) is 11.4. The predicted molar refractivity (Wildman–Crippen MR) is 217 cm³/mol. The molecule has 0 saturated heterocycles. The van der Waals surface area contributed by atoms with Crippen molar-refractivity contribution in [2.24, 2.45) is 0 Å². The first-order valence-electron chi connectivity index (χ1n) is 17.8. The van der Waals surface area contributed by atoms with Crippen LogP contribution in [-0.4, -0.2) is 15.0 Å². The largest absolute Gasteiger partial charge is 0.455 e. The molecule has 53 heavy (non-hydrogen) atoms. The molecular formula is C49H31N3O. The minimum absolute atomic E-state index is 0.630. The fourth-order valence-corrected chi connectivity index (χ4v) is 7.38. The number of furan rings is 1. The molecule has 0 atom stereocenters. The number of benzene rings is 8. The van der Waals surface area contributed by atoms with Crippen molar-refractivity contribution in [3.05, 3.63) is 188 Å². The first kappa shape index (κ1) is 30.6. The van der Waals surface area contributed by atoms with Crippen molar-refractivity contribution in [3.8, 4) is 67.5 Å². The highest BCUT2D eigenvalue weighted by Crippen LogP contribution is 2.44. The van der Waals surface area contributed by atoms with Crippen LogP contribution in [0.4, 0.5) is 0 Å². The maximum Gasteiger partial charge on any atom is 0.164 e. The summed E-state index contributed by atoms with van der Waals surface area (Å²) in [5, 5.41) is 4.49. The van der Waals surface area contributed by atoms with Crippen molar-refractivity contribution in [1.82, 2.24) is 15.0 Å². The number of rotatable bonds is 6. The molecule has 0 bridgehead atoms. The van der Waals surface area contributed by atoms with Gasteiger partial charge in [-0.05, 0) is 63.0 Å². The van der Waals surface area contributed by atoms with Gasteiger partial charge < -0.3 is 4.42 Å². The summed E-state index contributed by atoms with van der Waals surface area (Å²) < 4.78 is 6.66. The monoisotopic (exact) mass is 677 g/mol. The van der Waals surface area contributed by atoms with Crippen LogP contribution in [0.15, 0.2) is 192 Å². The molecule has 0 amide bonds. The van der Waals surface area contributed by atoms with Crippen molar-refractivity contribution in [1.29, 1.82) is 0 Å². The molecule has 10 aromatic rings. The third-order valence-electron chi connectivity index (χ3n) is 9.92. The molecule has 0 aliphatic carbocycles. The summed E-state index contributed by atoms with van der Waals surface area (Å²) >= 11 is 0. The van der Waals surface area contributed by atoms with E-state index in [-0.39, 0.29) is 0 Å². The summed E-state index contributed by atoms with van der Waals surface area (Å²) in [6.07, 6.45) is 0. The molecule has 10 rings (SSSR count). The Morgan fingerprint density at radius 3 is 1.43 bits per heavy atom. The molecule has 0 fully saturated rings. The van der Waals surface area contributed by atoms with E-state index in [2.05, 4.69) is 121 Å². The fraction of sp³-hybridized carbons (Fsp3) is 0. The number of aromatic nitrogens is 3. The highest BCUT2D eigenvalue weighted by molar-refractivity contribution is 6.23. The van der Waals surface area contributed by atoms with E-state index in [4.69, 9.17) is 19.4 Å². The molecule has 8 aromatic carbocycles. The molecular weight excluding hydrogens is 647 g/mol. The van der Waals surface area contributed by atoms with Crippen molar-refractivity contribution in [3.63, 3.8) is 0 Å². The van der Waals surface area contributed by atoms with Gasteiger partial charge in [-0.15, -0.1) is 0 Å². The number of hydrogen-bond acceptors (Lipinski definition) is 4. The SMILES string of the molecule is c1ccc(-c2nc(-c3ccccc3)nc(-c3cccc(-c4cccc(-c5cc6c(-c7ccccc7)cccc6c6oc7ccccc7c56)c4)c3)n2)cc1. The molecule has 248 valence electrons. The Bertz CT molecular complexity index is 2880. The molecule has 4 nitrogen and oxygen atoms in total. The first-order chi connectivity index (χ1) is 26.3. The van der Waals surface area contributed by atoms with Gasteiger partial charge in [0.1, 0.15) is 11.2 Å². The van der Waals surface area contributed by atoms with Crippen LogP contribution in [0.2, 0.25) is 0 Å². The Morgan fingerprint density at radius 1 is 0.302 bits per heavy atom. The van der Waals surface area contributed by atoms with Crippen molar-refractivity contribution >= 4 is 32.7 Å². The minimum Gasteiger partial charge on any atom is -0.455 e. The summed E-state index contributed by atoms with van der Waals surface area (Å²) in [5.74, 6) is 1.92. The molecule has 4 heteroatoms. The zero-order valence-electron chi connectivity index (χ0n) is 28.6. The fourth-order valence-electron chi connectivity index (χ4n) is 7.38. The van der Waals surface area contributed by atoms with Crippen molar-refractivity contribution < 1.29 is 4.42 Å². The zero-order valence-corrected chi connectivity index (χ0v) is 28.6. The molecule has 2 heterocycles. The Balaban J connectivity index is 1.13. The van der Waals surface area contributed by atoms with Crippen LogP contribution < -0.4 is 0 Å². The van der Waals surface area contributed by atoms with Crippen molar-refractivity contribution in [2.75, 3.05) is 0 Å². The smallest absolute Gasteiger partial charge is 0.164 e. The Kier molecular flexibility index (Phi) is 7.43. The second-order valence-electron chi connectivity index (χ2n) is 13.2. The summed E-state index contributed by atoms with van der Waals surface area (Å²) in [5.41, 5.74) is 11.4. The number of nitrogens with zero attached hydrogens (tertiary/aromatic N) is 3. The Hall–Kier alpha value is -7.17. The summed E-state index contributed by atoms with van der Waals surface area (Å²) in [6.45, 7) is 0. The minimum atomic E-state index is 0.630. The summed E-state index contributed by atoms with van der Waals surface area (Å²) in [6, 6.07) is 65.2. The molecule has 0 unspecified atom stereocenters. The van der Waals surface area contributed by atoms with E-state index in [9.17, 15) is 0 Å². The van der Waals surface area contributed by atoms with Crippen LogP contribution in [0.3, 0.4) is 0 Å². The standard InChI is InChI=1S/C49H31N3O/c1-4-15-32(16-5-1)39-26-14-27-40-43(39)31-42(45-41-25-10-11-28-44(41)53-46(40)45)37-23-12-21-35(29-37)36-22-13-24-38(30-36)49-51-47(33-17-6-2-7-18-33)50-48(52-49)34-19-8-3-9-20-34/h1-31H. The van der Waals surface area contributed by atoms with Gasteiger partial charge in [-0.25, -0.2) is 15.0 Å². The lowest BCUT2D eigenvalue weighted by atomic mass is 9.90. The Labute approximate surface area is 306 Å². The van der Waals surface area contributed by atoms with Crippen molar-refractivity contribution in [2.45, 2.75) is 0 Å². The van der Waals surface area contributed by atoms with E-state index in [1.54, 1.807) is 0 Å². The van der Waals surface area contributed by atoms with Crippen LogP contribution in [0.25, 0.3) is 100 Å². The van der Waals surface area contributed by atoms with E-state index in [1.165, 1.54) is 11.1 Å².